The lowest BCUT2D eigenvalue weighted by molar-refractivity contribution is -0.115. The molecule has 2 aromatic rings. The van der Waals surface area contributed by atoms with Gasteiger partial charge in [-0.3, -0.25) is 9.59 Å². The SMILES string of the molecule is CCC(=O)Nc1cccc(C(=O)N(C)Cc2ccc(OC(F)F)c(OC)c2)c1. The molecular weight excluding hydrogens is 370 g/mol. The molecule has 0 fully saturated rings. The van der Waals surface area contributed by atoms with Gasteiger partial charge in [0.25, 0.3) is 5.91 Å². The topological polar surface area (TPSA) is 67.9 Å². The number of amides is 2. The highest BCUT2D eigenvalue weighted by atomic mass is 19.3. The van der Waals surface area contributed by atoms with E-state index in [0.717, 1.165) is 0 Å². The zero-order chi connectivity index (χ0) is 20.7. The number of nitrogens with zero attached hydrogens (tertiary/aromatic N) is 1. The summed E-state index contributed by atoms with van der Waals surface area (Å²) in [6, 6.07) is 11.1. The van der Waals surface area contributed by atoms with E-state index in [2.05, 4.69) is 10.1 Å². The van der Waals surface area contributed by atoms with E-state index < -0.39 is 6.61 Å². The van der Waals surface area contributed by atoms with Crippen LogP contribution in [0, 0.1) is 0 Å². The van der Waals surface area contributed by atoms with Crippen LogP contribution in [0.25, 0.3) is 0 Å². The van der Waals surface area contributed by atoms with Crippen LogP contribution in [0.3, 0.4) is 0 Å². The monoisotopic (exact) mass is 392 g/mol. The maximum Gasteiger partial charge on any atom is 0.387 e. The predicted molar refractivity (Wildman–Crippen MR) is 101 cm³/mol. The van der Waals surface area contributed by atoms with E-state index in [9.17, 15) is 18.4 Å². The van der Waals surface area contributed by atoms with Crippen molar-refractivity contribution in [3.63, 3.8) is 0 Å². The number of anilines is 1. The molecule has 150 valence electrons. The van der Waals surface area contributed by atoms with Crippen molar-refractivity contribution in [2.24, 2.45) is 0 Å². The van der Waals surface area contributed by atoms with Crippen LogP contribution in [0.4, 0.5) is 14.5 Å². The average molecular weight is 392 g/mol. The third-order valence-corrected chi connectivity index (χ3v) is 3.92. The minimum Gasteiger partial charge on any atom is -0.493 e. The number of benzene rings is 2. The van der Waals surface area contributed by atoms with E-state index >= 15 is 0 Å². The Hall–Kier alpha value is -3.16. The van der Waals surface area contributed by atoms with E-state index in [1.807, 2.05) is 0 Å². The van der Waals surface area contributed by atoms with Gasteiger partial charge in [0.15, 0.2) is 11.5 Å². The molecule has 0 heterocycles. The van der Waals surface area contributed by atoms with Crippen molar-refractivity contribution in [1.29, 1.82) is 0 Å². The predicted octanol–water partition coefficient (Wildman–Crippen LogP) is 3.92. The quantitative estimate of drug-likeness (QED) is 0.740. The number of hydrogen-bond acceptors (Lipinski definition) is 4. The third kappa shape index (κ3) is 5.67. The standard InChI is InChI=1S/C20H22F2N2O4/c1-4-18(25)23-15-7-5-6-14(11-15)19(26)24(2)12-13-8-9-16(28-20(21)22)17(10-13)27-3/h5-11,20H,4,12H2,1-3H3,(H,23,25). The van der Waals surface area contributed by atoms with Gasteiger partial charge in [-0.15, -0.1) is 0 Å². The normalized spacial score (nSPS) is 10.5. The van der Waals surface area contributed by atoms with E-state index in [1.54, 1.807) is 50.4 Å². The highest BCUT2D eigenvalue weighted by Crippen LogP contribution is 2.30. The maximum absolute atomic E-state index is 12.7. The van der Waals surface area contributed by atoms with Crippen molar-refractivity contribution < 1.29 is 27.8 Å². The van der Waals surface area contributed by atoms with Crippen LogP contribution < -0.4 is 14.8 Å². The lowest BCUT2D eigenvalue weighted by Crippen LogP contribution is -2.26. The second kappa shape index (κ2) is 9.68. The summed E-state index contributed by atoms with van der Waals surface area (Å²) in [7, 11) is 2.97. The van der Waals surface area contributed by atoms with Crippen molar-refractivity contribution in [1.82, 2.24) is 4.90 Å². The molecule has 8 heteroatoms. The van der Waals surface area contributed by atoms with Gasteiger partial charge in [0.2, 0.25) is 5.91 Å². The molecular formula is C20H22F2N2O4. The zero-order valence-corrected chi connectivity index (χ0v) is 15.9. The Bertz CT molecular complexity index is 843. The first-order valence-electron chi connectivity index (χ1n) is 8.61. The molecule has 2 rings (SSSR count). The van der Waals surface area contributed by atoms with Crippen molar-refractivity contribution in [3.8, 4) is 11.5 Å². The number of hydrogen-bond donors (Lipinski definition) is 1. The maximum atomic E-state index is 12.7. The van der Waals surface area contributed by atoms with Gasteiger partial charge >= 0.3 is 6.61 Å². The summed E-state index contributed by atoms with van der Waals surface area (Å²) in [5.41, 5.74) is 1.65. The summed E-state index contributed by atoms with van der Waals surface area (Å²) in [6.45, 7) is -0.982. The molecule has 0 aliphatic rings. The van der Waals surface area contributed by atoms with Crippen LogP contribution in [0.5, 0.6) is 11.5 Å². The first kappa shape index (κ1) is 21.1. The number of carbonyl (C=O) groups excluding carboxylic acids is 2. The molecule has 0 saturated heterocycles. The number of methoxy groups -OCH3 is 1. The number of carbonyl (C=O) groups is 2. The Morgan fingerprint density at radius 1 is 1.14 bits per heavy atom. The van der Waals surface area contributed by atoms with Crippen LogP contribution >= 0.6 is 0 Å². The Balaban J connectivity index is 2.12. The fourth-order valence-electron chi connectivity index (χ4n) is 2.55. The smallest absolute Gasteiger partial charge is 0.387 e. The summed E-state index contributed by atoms with van der Waals surface area (Å²) in [5, 5.41) is 2.71. The second-order valence-corrected chi connectivity index (χ2v) is 6.01. The van der Waals surface area contributed by atoms with Gasteiger partial charge in [-0.05, 0) is 35.9 Å². The van der Waals surface area contributed by atoms with Gasteiger partial charge in [0, 0.05) is 31.3 Å². The summed E-state index contributed by atoms with van der Waals surface area (Å²) in [6.07, 6.45) is 0.338. The Kier molecular flexibility index (Phi) is 7.31. The minimum atomic E-state index is -2.95. The zero-order valence-electron chi connectivity index (χ0n) is 15.9. The molecule has 0 bridgehead atoms. The van der Waals surface area contributed by atoms with Gasteiger partial charge in [-0.2, -0.15) is 8.78 Å². The van der Waals surface area contributed by atoms with Crippen LogP contribution in [0.1, 0.15) is 29.3 Å². The molecule has 0 aliphatic heterocycles. The molecule has 2 aromatic carbocycles. The van der Waals surface area contributed by atoms with Gasteiger partial charge in [-0.25, -0.2) is 0 Å². The van der Waals surface area contributed by atoms with Gasteiger partial charge in [0.1, 0.15) is 0 Å². The first-order valence-corrected chi connectivity index (χ1v) is 8.61. The number of ether oxygens (including phenoxy) is 2. The number of alkyl halides is 2. The highest BCUT2D eigenvalue weighted by molar-refractivity contribution is 5.97. The van der Waals surface area contributed by atoms with E-state index in [4.69, 9.17) is 4.74 Å². The van der Waals surface area contributed by atoms with Crippen molar-refractivity contribution in [3.05, 3.63) is 53.6 Å². The molecule has 0 atom stereocenters. The number of halogens is 2. The second-order valence-electron chi connectivity index (χ2n) is 6.01. The molecule has 0 saturated carbocycles. The van der Waals surface area contributed by atoms with Gasteiger partial charge < -0.3 is 19.7 Å². The lowest BCUT2D eigenvalue weighted by atomic mass is 10.1. The first-order chi connectivity index (χ1) is 13.3. The number of rotatable bonds is 8. The van der Waals surface area contributed by atoms with Crippen LogP contribution in [0.2, 0.25) is 0 Å². The molecule has 0 aliphatic carbocycles. The Morgan fingerprint density at radius 2 is 1.89 bits per heavy atom. The molecule has 2 amide bonds. The molecule has 0 spiro atoms. The highest BCUT2D eigenvalue weighted by Gasteiger charge is 2.15. The summed E-state index contributed by atoms with van der Waals surface area (Å²) in [4.78, 5) is 25.7. The molecule has 28 heavy (non-hydrogen) atoms. The van der Waals surface area contributed by atoms with Crippen LogP contribution in [-0.2, 0) is 11.3 Å². The Morgan fingerprint density at radius 3 is 2.54 bits per heavy atom. The molecule has 1 N–H and O–H groups in total. The number of nitrogens with one attached hydrogen (secondary N) is 1. The van der Waals surface area contributed by atoms with E-state index in [0.29, 0.717) is 23.2 Å². The van der Waals surface area contributed by atoms with Crippen molar-refractivity contribution >= 4 is 17.5 Å². The summed E-state index contributed by atoms with van der Waals surface area (Å²) in [5.74, 6) is -0.312. The van der Waals surface area contributed by atoms with Gasteiger partial charge in [0.05, 0.1) is 7.11 Å². The van der Waals surface area contributed by atoms with Crippen LogP contribution in [-0.4, -0.2) is 37.5 Å². The van der Waals surface area contributed by atoms with E-state index in [1.165, 1.54) is 18.1 Å². The average Bonchev–Trinajstić information content (AvgIpc) is 2.68. The van der Waals surface area contributed by atoms with Crippen molar-refractivity contribution in [2.75, 3.05) is 19.5 Å². The molecule has 0 unspecified atom stereocenters. The fraction of sp³-hybridized carbons (Fsp3) is 0.300. The largest absolute Gasteiger partial charge is 0.493 e. The molecule has 0 radical (unpaired) electrons. The van der Waals surface area contributed by atoms with Gasteiger partial charge in [-0.1, -0.05) is 19.1 Å². The molecule has 6 nitrogen and oxygen atoms in total. The Labute approximate surface area is 162 Å². The lowest BCUT2D eigenvalue weighted by Gasteiger charge is -2.19. The van der Waals surface area contributed by atoms with Crippen LogP contribution in [0.15, 0.2) is 42.5 Å². The fourth-order valence-corrected chi connectivity index (χ4v) is 2.55. The third-order valence-electron chi connectivity index (χ3n) is 3.92. The summed E-state index contributed by atoms with van der Waals surface area (Å²) < 4.78 is 34.3. The van der Waals surface area contributed by atoms with Crippen molar-refractivity contribution in [2.45, 2.75) is 26.5 Å². The summed E-state index contributed by atoms with van der Waals surface area (Å²) >= 11 is 0. The van der Waals surface area contributed by atoms with E-state index in [-0.39, 0.29) is 29.9 Å². The minimum absolute atomic E-state index is 0.0744. The molecule has 0 aromatic heterocycles.